The molecule has 0 amide bonds. The zero-order valence-electron chi connectivity index (χ0n) is 7.75. The van der Waals surface area contributed by atoms with Crippen molar-refractivity contribution in [2.24, 2.45) is 7.05 Å². The van der Waals surface area contributed by atoms with Crippen LogP contribution in [0.1, 0.15) is 11.5 Å². The van der Waals surface area contributed by atoms with Crippen LogP contribution < -0.4 is 0 Å². The van der Waals surface area contributed by atoms with E-state index in [1.165, 1.54) is 6.33 Å². The van der Waals surface area contributed by atoms with Crippen LogP contribution in [0.15, 0.2) is 24.7 Å². The molecule has 2 aromatic rings. The van der Waals surface area contributed by atoms with Crippen LogP contribution in [-0.4, -0.2) is 19.3 Å². The Kier molecular flexibility index (Phi) is 2.03. The van der Waals surface area contributed by atoms with Gasteiger partial charge in [0.25, 0.3) is 0 Å². The van der Waals surface area contributed by atoms with Crippen molar-refractivity contribution in [3.05, 3.63) is 36.2 Å². The van der Waals surface area contributed by atoms with Crippen molar-refractivity contribution in [2.45, 2.75) is 6.54 Å². The summed E-state index contributed by atoms with van der Waals surface area (Å²) in [4.78, 5) is 4.09. The smallest absolute Gasteiger partial charge is 0.146 e. The van der Waals surface area contributed by atoms with Gasteiger partial charge in [-0.15, -0.1) is 0 Å². The summed E-state index contributed by atoms with van der Waals surface area (Å²) in [5, 5.41) is 12.8. The van der Waals surface area contributed by atoms with E-state index >= 15 is 0 Å². The highest BCUT2D eigenvalue weighted by atomic mass is 15.3. The van der Waals surface area contributed by atoms with Crippen LogP contribution in [0.5, 0.6) is 0 Å². The molecular formula is C9H9N5. The first-order valence-corrected chi connectivity index (χ1v) is 4.19. The molecule has 0 aliphatic carbocycles. The van der Waals surface area contributed by atoms with Crippen LogP contribution in [-0.2, 0) is 13.6 Å². The Morgan fingerprint density at radius 3 is 3.07 bits per heavy atom. The molecule has 5 heteroatoms. The maximum absolute atomic E-state index is 8.79. The molecule has 0 unspecified atom stereocenters. The van der Waals surface area contributed by atoms with Gasteiger partial charge in [-0.2, -0.15) is 10.4 Å². The lowest BCUT2D eigenvalue weighted by Crippen LogP contribution is -2.07. The maximum Gasteiger partial charge on any atom is 0.146 e. The zero-order valence-corrected chi connectivity index (χ0v) is 7.75. The van der Waals surface area contributed by atoms with E-state index in [0.29, 0.717) is 12.2 Å². The molecule has 0 aromatic carbocycles. The van der Waals surface area contributed by atoms with Crippen LogP contribution in [0.3, 0.4) is 0 Å². The van der Waals surface area contributed by atoms with Gasteiger partial charge in [0.1, 0.15) is 23.9 Å². The van der Waals surface area contributed by atoms with Gasteiger partial charge in [0.15, 0.2) is 0 Å². The van der Waals surface area contributed by atoms with Crippen LogP contribution in [0.25, 0.3) is 0 Å². The molecule has 2 rings (SSSR count). The molecule has 0 atom stereocenters. The van der Waals surface area contributed by atoms with Crippen LogP contribution in [0.4, 0.5) is 0 Å². The molecule has 0 fully saturated rings. The highest BCUT2D eigenvalue weighted by Gasteiger charge is 2.04. The Morgan fingerprint density at radius 1 is 1.57 bits per heavy atom. The summed E-state index contributed by atoms with van der Waals surface area (Å²) in [5.74, 6) is 0.831. The third kappa shape index (κ3) is 1.38. The van der Waals surface area contributed by atoms with E-state index in [9.17, 15) is 0 Å². The molecule has 5 nitrogen and oxygen atoms in total. The van der Waals surface area contributed by atoms with Gasteiger partial charge in [-0.05, 0) is 12.1 Å². The van der Waals surface area contributed by atoms with Gasteiger partial charge in [0.2, 0.25) is 0 Å². The third-order valence-electron chi connectivity index (χ3n) is 2.06. The maximum atomic E-state index is 8.79. The Hall–Kier alpha value is -2.09. The van der Waals surface area contributed by atoms with E-state index in [1.807, 2.05) is 23.9 Å². The number of aryl methyl sites for hydroxylation is 1. The second-order valence-electron chi connectivity index (χ2n) is 2.93. The molecule has 2 aromatic heterocycles. The van der Waals surface area contributed by atoms with Gasteiger partial charge in [0.05, 0.1) is 6.54 Å². The van der Waals surface area contributed by atoms with Gasteiger partial charge >= 0.3 is 0 Å². The molecule has 0 spiro atoms. The minimum atomic E-state index is 0.576. The average molecular weight is 187 g/mol. The molecule has 2 heterocycles. The second kappa shape index (κ2) is 3.34. The van der Waals surface area contributed by atoms with Gasteiger partial charge in [-0.1, -0.05) is 0 Å². The van der Waals surface area contributed by atoms with Crippen LogP contribution in [0, 0.1) is 11.3 Å². The lowest BCUT2D eigenvalue weighted by molar-refractivity contribution is 0.652. The molecular weight excluding hydrogens is 178 g/mol. The molecule has 0 saturated heterocycles. The highest BCUT2D eigenvalue weighted by molar-refractivity contribution is 5.22. The first kappa shape index (κ1) is 8.51. The fourth-order valence-corrected chi connectivity index (χ4v) is 1.27. The quantitative estimate of drug-likeness (QED) is 0.689. The normalized spacial score (nSPS) is 10.0. The number of nitriles is 1. The Morgan fingerprint density at radius 2 is 2.43 bits per heavy atom. The first-order valence-electron chi connectivity index (χ1n) is 4.19. The van der Waals surface area contributed by atoms with Crippen molar-refractivity contribution in [1.29, 1.82) is 5.26 Å². The molecule has 0 radical (unpaired) electrons. The Labute approximate surface area is 81.2 Å². The van der Waals surface area contributed by atoms with Gasteiger partial charge in [-0.25, -0.2) is 4.98 Å². The predicted molar refractivity (Wildman–Crippen MR) is 49.3 cm³/mol. The molecule has 14 heavy (non-hydrogen) atoms. The van der Waals surface area contributed by atoms with Crippen LogP contribution >= 0.6 is 0 Å². The van der Waals surface area contributed by atoms with Gasteiger partial charge < -0.3 is 4.57 Å². The lowest BCUT2D eigenvalue weighted by atomic mass is 10.4. The Bertz CT molecular complexity index is 473. The minimum Gasteiger partial charge on any atom is -0.332 e. The van der Waals surface area contributed by atoms with E-state index in [2.05, 4.69) is 16.2 Å². The van der Waals surface area contributed by atoms with E-state index < -0.39 is 0 Å². The summed E-state index contributed by atoms with van der Waals surface area (Å²) in [6.45, 7) is 0.576. The summed E-state index contributed by atoms with van der Waals surface area (Å²) in [6.07, 6.45) is 3.36. The summed E-state index contributed by atoms with van der Waals surface area (Å²) >= 11 is 0. The van der Waals surface area contributed by atoms with E-state index in [1.54, 1.807) is 10.7 Å². The lowest BCUT2D eigenvalue weighted by Gasteiger charge is -2.02. The van der Waals surface area contributed by atoms with Gasteiger partial charge in [0, 0.05) is 13.2 Å². The molecule has 0 bridgehead atoms. The fourth-order valence-electron chi connectivity index (χ4n) is 1.27. The third-order valence-corrected chi connectivity index (χ3v) is 2.06. The monoisotopic (exact) mass is 187 g/mol. The Balaban J connectivity index is 2.28. The summed E-state index contributed by atoms with van der Waals surface area (Å²) in [6, 6.07) is 5.73. The summed E-state index contributed by atoms with van der Waals surface area (Å²) in [7, 11) is 1.83. The summed E-state index contributed by atoms with van der Waals surface area (Å²) < 4.78 is 3.53. The first-order chi connectivity index (χ1) is 6.81. The van der Waals surface area contributed by atoms with Crippen molar-refractivity contribution in [3.8, 4) is 6.07 Å². The highest BCUT2D eigenvalue weighted by Crippen LogP contribution is 2.03. The van der Waals surface area contributed by atoms with Gasteiger partial charge in [-0.3, -0.25) is 4.68 Å². The van der Waals surface area contributed by atoms with Crippen LogP contribution in [0.2, 0.25) is 0 Å². The van der Waals surface area contributed by atoms with Crippen molar-refractivity contribution in [3.63, 3.8) is 0 Å². The topological polar surface area (TPSA) is 59.4 Å². The van der Waals surface area contributed by atoms with E-state index in [0.717, 1.165) is 5.82 Å². The van der Waals surface area contributed by atoms with Crippen molar-refractivity contribution >= 4 is 0 Å². The number of hydrogen-bond donors (Lipinski definition) is 0. The average Bonchev–Trinajstić information content (AvgIpc) is 2.77. The molecule has 0 aliphatic rings. The minimum absolute atomic E-state index is 0.576. The molecule has 0 saturated carbocycles. The molecule has 70 valence electrons. The largest absolute Gasteiger partial charge is 0.332 e. The van der Waals surface area contributed by atoms with Crippen molar-refractivity contribution < 1.29 is 0 Å². The van der Waals surface area contributed by atoms with E-state index in [-0.39, 0.29) is 0 Å². The standard InChI is InChI=1S/C9H9N5/c1-13-9(11-7-12-13)6-14-4-2-3-8(14)5-10/h2-4,7H,6H2,1H3. The van der Waals surface area contributed by atoms with Crippen molar-refractivity contribution in [2.75, 3.05) is 0 Å². The molecule has 0 N–H and O–H groups in total. The predicted octanol–water partition coefficient (Wildman–Crippen LogP) is 0.537. The SMILES string of the molecule is Cn1ncnc1Cn1cccc1C#N. The molecule has 0 aliphatic heterocycles. The number of nitrogens with zero attached hydrogens (tertiary/aromatic N) is 5. The zero-order chi connectivity index (χ0) is 9.97. The van der Waals surface area contributed by atoms with Crippen molar-refractivity contribution in [1.82, 2.24) is 19.3 Å². The van der Waals surface area contributed by atoms with E-state index in [4.69, 9.17) is 5.26 Å². The fraction of sp³-hybridized carbons (Fsp3) is 0.222. The number of rotatable bonds is 2. The summed E-state index contributed by atoms with van der Waals surface area (Å²) in [5.41, 5.74) is 0.632. The second-order valence-corrected chi connectivity index (χ2v) is 2.93. The number of aromatic nitrogens is 4. The number of hydrogen-bond acceptors (Lipinski definition) is 3.